The van der Waals surface area contributed by atoms with Gasteiger partial charge in [-0.05, 0) is 54.7 Å². The zero-order valence-electron chi connectivity index (χ0n) is 15.8. The minimum absolute atomic E-state index is 0.00802. The van der Waals surface area contributed by atoms with Crippen molar-refractivity contribution in [1.82, 2.24) is 19.6 Å². The summed E-state index contributed by atoms with van der Waals surface area (Å²) >= 11 is 0. The Balaban J connectivity index is 1.52. The first kappa shape index (κ1) is 16.6. The Hall–Kier alpha value is -3.59. The summed E-state index contributed by atoms with van der Waals surface area (Å²) in [6, 6.07) is 12.3. The SMILES string of the molecule is Cc1cc2cnn(-c3cnn(C)c3)c2cc1OC1CCc2cc(C#N)ccc21. The molecule has 138 valence electrons. The molecule has 0 aliphatic heterocycles. The van der Waals surface area contributed by atoms with Gasteiger partial charge in [0.1, 0.15) is 17.5 Å². The largest absolute Gasteiger partial charge is 0.485 e. The number of fused-ring (bicyclic) bond motifs is 2. The standard InChI is InChI=1S/C22H19N5O/c1-14-7-17-11-25-27(18-12-24-26(2)13-18)20(17)9-22(14)28-21-6-4-16-8-15(10-23)3-5-19(16)21/h3,5,7-9,11-13,21H,4,6H2,1-2H3. The molecule has 2 aromatic carbocycles. The van der Waals surface area contributed by atoms with Crippen LogP contribution in [-0.2, 0) is 13.5 Å². The van der Waals surface area contributed by atoms with E-state index in [1.54, 1.807) is 10.9 Å². The second kappa shape index (κ2) is 6.24. The summed E-state index contributed by atoms with van der Waals surface area (Å²) in [5.41, 5.74) is 6.09. The zero-order valence-corrected chi connectivity index (χ0v) is 15.8. The topological polar surface area (TPSA) is 68.7 Å². The lowest BCUT2D eigenvalue weighted by Gasteiger charge is -2.17. The van der Waals surface area contributed by atoms with Crippen LogP contribution in [0.25, 0.3) is 16.6 Å². The monoisotopic (exact) mass is 369 g/mol. The van der Waals surface area contributed by atoms with Crippen LogP contribution in [0.5, 0.6) is 5.75 Å². The van der Waals surface area contributed by atoms with E-state index < -0.39 is 0 Å². The van der Waals surface area contributed by atoms with Crippen molar-refractivity contribution < 1.29 is 4.74 Å². The van der Waals surface area contributed by atoms with Gasteiger partial charge in [0.2, 0.25) is 0 Å². The smallest absolute Gasteiger partial charge is 0.125 e. The lowest BCUT2D eigenvalue weighted by atomic mass is 10.1. The summed E-state index contributed by atoms with van der Waals surface area (Å²) in [7, 11) is 1.89. The van der Waals surface area contributed by atoms with Crippen molar-refractivity contribution in [3.63, 3.8) is 0 Å². The molecule has 0 bridgehead atoms. The van der Waals surface area contributed by atoms with Crippen molar-refractivity contribution in [2.75, 3.05) is 0 Å². The molecule has 4 aromatic rings. The van der Waals surface area contributed by atoms with E-state index in [4.69, 9.17) is 10.00 Å². The lowest BCUT2D eigenvalue weighted by molar-refractivity contribution is 0.206. The molecule has 28 heavy (non-hydrogen) atoms. The van der Waals surface area contributed by atoms with E-state index in [9.17, 15) is 0 Å². The molecule has 1 unspecified atom stereocenters. The molecule has 6 nitrogen and oxygen atoms in total. The highest BCUT2D eigenvalue weighted by Gasteiger charge is 2.25. The Morgan fingerprint density at radius 3 is 2.86 bits per heavy atom. The number of benzene rings is 2. The van der Waals surface area contributed by atoms with Gasteiger partial charge in [-0.3, -0.25) is 4.68 Å². The van der Waals surface area contributed by atoms with E-state index >= 15 is 0 Å². The Kier molecular flexibility index (Phi) is 3.69. The first-order valence-corrected chi connectivity index (χ1v) is 9.29. The summed E-state index contributed by atoms with van der Waals surface area (Å²) < 4.78 is 10.1. The summed E-state index contributed by atoms with van der Waals surface area (Å²) in [5, 5.41) is 18.9. The highest BCUT2D eigenvalue weighted by molar-refractivity contribution is 5.83. The maximum atomic E-state index is 9.11. The third-order valence-electron chi connectivity index (χ3n) is 5.36. The van der Waals surface area contributed by atoms with Crippen LogP contribution in [0.2, 0.25) is 0 Å². The third-order valence-corrected chi connectivity index (χ3v) is 5.36. The highest BCUT2D eigenvalue weighted by Crippen LogP contribution is 2.37. The molecule has 2 heterocycles. The number of aryl methyl sites for hydroxylation is 3. The molecule has 0 saturated carbocycles. The Morgan fingerprint density at radius 1 is 1.18 bits per heavy atom. The Labute approximate surface area is 162 Å². The van der Waals surface area contributed by atoms with Crippen molar-refractivity contribution in [2.45, 2.75) is 25.9 Å². The minimum atomic E-state index is 0.00802. The van der Waals surface area contributed by atoms with E-state index in [2.05, 4.69) is 35.3 Å². The molecule has 0 radical (unpaired) electrons. The zero-order chi connectivity index (χ0) is 19.3. The minimum Gasteiger partial charge on any atom is -0.485 e. The average molecular weight is 369 g/mol. The van der Waals surface area contributed by atoms with Gasteiger partial charge < -0.3 is 4.74 Å². The number of hydrogen-bond acceptors (Lipinski definition) is 4. The highest BCUT2D eigenvalue weighted by atomic mass is 16.5. The molecule has 6 heteroatoms. The normalized spacial score (nSPS) is 15.5. The molecular weight excluding hydrogens is 350 g/mol. The summed E-state index contributed by atoms with van der Waals surface area (Å²) in [6.07, 6.45) is 7.47. The molecule has 1 atom stereocenters. The molecule has 2 aromatic heterocycles. The van der Waals surface area contributed by atoms with Crippen LogP contribution in [0.15, 0.2) is 48.9 Å². The van der Waals surface area contributed by atoms with Gasteiger partial charge in [0.15, 0.2) is 0 Å². The number of aromatic nitrogens is 4. The summed E-state index contributed by atoms with van der Waals surface area (Å²) in [5.74, 6) is 0.861. The van der Waals surface area contributed by atoms with Gasteiger partial charge in [-0.15, -0.1) is 0 Å². The molecule has 0 amide bonds. The van der Waals surface area contributed by atoms with Crippen molar-refractivity contribution in [1.29, 1.82) is 5.26 Å². The average Bonchev–Trinajstić information content (AvgIpc) is 3.40. The van der Waals surface area contributed by atoms with Crippen LogP contribution in [0.4, 0.5) is 0 Å². The van der Waals surface area contributed by atoms with E-state index in [-0.39, 0.29) is 6.10 Å². The lowest BCUT2D eigenvalue weighted by Crippen LogP contribution is -2.05. The molecular formula is C22H19N5O. The Bertz CT molecular complexity index is 1240. The fourth-order valence-electron chi connectivity index (χ4n) is 3.94. The molecule has 1 aliphatic rings. The van der Waals surface area contributed by atoms with Gasteiger partial charge in [-0.25, -0.2) is 4.68 Å². The molecule has 0 spiro atoms. The van der Waals surface area contributed by atoms with Gasteiger partial charge in [0, 0.05) is 18.5 Å². The van der Waals surface area contributed by atoms with E-state index in [1.165, 1.54) is 11.1 Å². The number of nitrogens with zero attached hydrogens (tertiary/aromatic N) is 5. The number of ether oxygens (including phenoxy) is 1. The van der Waals surface area contributed by atoms with Crippen molar-refractivity contribution >= 4 is 10.9 Å². The maximum absolute atomic E-state index is 9.11. The van der Waals surface area contributed by atoms with Gasteiger partial charge in [-0.2, -0.15) is 15.5 Å². The van der Waals surface area contributed by atoms with Crippen LogP contribution >= 0.6 is 0 Å². The van der Waals surface area contributed by atoms with Crippen molar-refractivity contribution in [3.05, 3.63) is 71.2 Å². The first-order chi connectivity index (χ1) is 13.6. The second-order valence-electron chi connectivity index (χ2n) is 7.28. The van der Waals surface area contributed by atoms with E-state index in [0.29, 0.717) is 5.56 Å². The molecule has 1 aliphatic carbocycles. The number of nitriles is 1. The molecule has 0 fully saturated rings. The fourth-order valence-corrected chi connectivity index (χ4v) is 3.94. The van der Waals surface area contributed by atoms with Gasteiger partial charge in [0.25, 0.3) is 0 Å². The van der Waals surface area contributed by atoms with Crippen LogP contribution < -0.4 is 4.74 Å². The van der Waals surface area contributed by atoms with Crippen LogP contribution in [0.1, 0.15) is 34.8 Å². The summed E-state index contributed by atoms with van der Waals surface area (Å²) in [6.45, 7) is 2.06. The predicted octanol–water partition coefficient (Wildman–Crippen LogP) is 4.01. The Morgan fingerprint density at radius 2 is 2.07 bits per heavy atom. The van der Waals surface area contributed by atoms with Crippen molar-refractivity contribution in [3.8, 4) is 17.5 Å². The van der Waals surface area contributed by atoms with Crippen molar-refractivity contribution in [2.24, 2.45) is 7.05 Å². The fraction of sp³-hybridized carbons (Fsp3) is 0.227. The van der Waals surface area contributed by atoms with Crippen LogP contribution in [-0.4, -0.2) is 19.6 Å². The van der Waals surface area contributed by atoms with Gasteiger partial charge in [-0.1, -0.05) is 6.07 Å². The third kappa shape index (κ3) is 2.64. The quantitative estimate of drug-likeness (QED) is 0.547. The van der Waals surface area contributed by atoms with Gasteiger partial charge in [0.05, 0.1) is 35.7 Å². The first-order valence-electron chi connectivity index (χ1n) is 9.29. The van der Waals surface area contributed by atoms with Gasteiger partial charge >= 0.3 is 0 Å². The van der Waals surface area contributed by atoms with E-state index in [1.807, 2.05) is 42.3 Å². The molecule has 0 saturated heterocycles. The van der Waals surface area contributed by atoms with E-state index in [0.717, 1.165) is 40.7 Å². The molecule has 0 N–H and O–H groups in total. The predicted molar refractivity (Wildman–Crippen MR) is 105 cm³/mol. The molecule has 5 rings (SSSR count). The van der Waals surface area contributed by atoms with Crippen LogP contribution in [0.3, 0.4) is 0 Å². The maximum Gasteiger partial charge on any atom is 0.125 e. The number of hydrogen-bond donors (Lipinski definition) is 0. The number of rotatable bonds is 3. The van der Waals surface area contributed by atoms with Crippen LogP contribution in [0, 0.1) is 18.3 Å². The summed E-state index contributed by atoms with van der Waals surface area (Å²) in [4.78, 5) is 0. The second-order valence-corrected chi connectivity index (χ2v) is 7.28.